The predicted molar refractivity (Wildman–Crippen MR) is 142 cm³/mol. The summed E-state index contributed by atoms with van der Waals surface area (Å²) in [7, 11) is 0. The second kappa shape index (κ2) is 10.9. The molecule has 0 aliphatic carbocycles. The fourth-order valence-electron chi connectivity index (χ4n) is 4.00. The maximum Gasteiger partial charge on any atom is 0.276 e. The molecular weight excluding hydrogens is 517 g/mol. The number of aromatic nitrogens is 5. The molecule has 5 rings (SSSR count). The van der Waals surface area contributed by atoms with Crippen LogP contribution in [0.2, 0.25) is 10.0 Å². The Labute approximate surface area is 223 Å². The molecule has 184 valence electrons. The molecule has 0 atom stereocenters. The minimum absolute atomic E-state index is 0.144. The van der Waals surface area contributed by atoms with E-state index in [0.29, 0.717) is 58.5 Å². The van der Waals surface area contributed by atoms with E-state index in [-0.39, 0.29) is 5.91 Å². The SMILES string of the molecule is Cc1ccc(-n2nnc(C(=O)N3CCN(c4cccc(Cl)c4)CC3)c2CSc2ncccn2)cc1Cl. The van der Waals surface area contributed by atoms with Crippen LogP contribution in [0.1, 0.15) is 21.7 Å². The highest BCUT2D eigenvalue weighted by atomic mass is 35.5. The molecule has 11 heteroatoms. The van der Waals surface area contributed by atoms with Crippen LogP contribution in [0.3, 0.4) is 0 Å². The van der Waals surface area contributed by atoms with Crippen molar-refractivity contribution in [2.24, 2.45) is 0 Å². The average molecular weight is 540 g/mol. The molecule has 8 nitrogen and oxygen atoms in total. The average Bonchev–Trinajstić information content (AvgIpc) is 3.33. The Balaban J connectivity index is 1.39. The van der Waals surface area contributed by atoms with Gasteiger partial charge in [-0.1, -0.05) is 52.3 Å². The fourth-order valence-corrected chi connectivity index (χ4v) is 5.16. The van der Waals surface area contributed by atoms with Gasteiger partial charge >= 0.3 is 0 Å². The highest BCUT2D eigenvalue weighted by molar-refractivity contribution is 7.98. The maximum atomic E-state index is 13.6. The monoisotopic (exact) mass is 539 g/mol. The molecule has 1 amide bonds. The highest BCUT2D eigenvalue weighted by Gasteiger charge is 2.28. The van der Waals surface area contributed by atoms with E-state index in [9.17, 15) is 4.79 Å². The number of carbonyl (C=O) groups is 1. The molecule has 2 aromatic heterocycles. The number of piperazine rings is 1. The van der Waals surface area contributed by atoms with Crippen LogP contribution in [-0.4, -0.2) is 61.9 Å². The van der Waals surface area contributed by atoms with Crippen molar-refractivity contribution in [3.63, 3.8) is 0 Å². The normalized spacial score (nSPS) is 13.8. The molecule has 3 heterocycles. The zero-order chi connectivity index (χ0) is 25.1. The van der Waals surface area contributed by atoms with Gasteiger partial charge in [0.15, 0.2) is 10.9 Å². The Morgan fingerprint density at radius 2 is 1.75 bits per heavy atom. The van der Waals surface area contributed by atoms with Crippen LogP contribution in [0.5, 0.6) is 0 Å². The van der Waals surface area contributed by atoms with Gasteiger partial charge in [-0.25, -0.2) is 14.6 Å². The molecule has 1 aliphatic rings. The first-order valence-electron chi connectivity index (χ1n) is 11.4. The fraction of sp³-hybridized carbons (Fsp3) is 0.240. The lowest BCUT2D eigenvalue weighted by molar-refractivity contribution is 0.0740. The van der Waals surface area contributed by atoms with Crippen LogP contribution >= 0.6 is 35.0 Å². The molecule has 4 aromatic rings. The number of carbonyl (C=O) groups excluding carboxylic acids is 1. The molecule has 0 bridgehead atoms. The lowest BCUT2D eigenvalue weighted by Crippen LogP contribution is -2.49. The van der Waals surface area contributed by atoms with Gasteiger partial charge in [-0.3, -0.25) is 4.79 Å². The number of nitrogens with zero attached hydrogens (tertiary/aromatic N) is 7. The number of thioether (sulfide) groups is 1. The van der Waals surface area contributed by atoms with Gasteiger partial charge in [0.1, 0.15) is 0 Å². The molecule has 0 N–H and O–H groups in total. The van der Waals surface area contributed by atoms with E-state index in [2.05, 4.69) is 25.2 Å². The largest absolute Gasteiger partial charge is 0.368 e. The van der Waals surface area contributed by atoms with Gasteiger partial charge in [0.05, 0.1) is 11.4 Å². The van der Waals surface area contributed by atoms with Crippen molar-refractivity contribution >= 4 is 46.6 Å². The summed E-state index contributed by atoms with van der Waals surface area (Å²) < 4.78 is 1.68. The maximum absolute atomic E-state index is 13.6. The number of hydrogen-bond donors (Lipinski definition) is 0. The van der Waals surface area contributed by atoms with Crippen LogP contribution < -0.4 is 4.90 Å². The molecule has 0 radical (unpaired) electrons. The van der Waals surface area contributed by atoms with Crippen molar-refractivity contribution in [3.05, 3.63) is 87.9 Å². The van der Waals surface area contributed by atoms with Gasteiger partial charge in [-0.15, -0.1) is 5.10 Å². The summed E-state index contributed by atoms with van der Waals surface area (Å²) in [5.74, 6) is 0.279. The molecule has 1 fully saturated rings. The van der Waals surface area contributed by atoms with Gasteiger partial charge in [-0.05, 0) is 48.9 Å². The standard InChI is InChI=1S/C25H23Cl2N7OS/c1-17-6-7-20(15-21(17)27)34-22(16-36-25-28-8-3-9-29-25)23(30-31-34)24(35)33-12-10-32(11-13-33)19-5-2-4-18(26)14-19/h2-9,14-15H,10-13,16H2,1H3. The van der Waals surface area contributed by atoms with Crippen molar-refractivity contribution in [2.75, 3.05) is 31.1 Å². The number of halogens is 2. The van der Waals surface area contributed by atoms with E-state index < -0.39 is 0 Å². The molecule has 0 unspecified atom stereocenters. The van der Waals surface area contributed by atoms with Gasteiger partial charge in [0.2, 0.25) is 0 Å². The third-order valence-corrected chi connectivity index (χ3v) is 7.52. The molecular formula is C25H23Cl2N7OS. The summed E-state index contributed by atoms with van der Waals surface area (Å²) in [6.07, 6.45) is 3.38. The molecule has 2 aromatic carbocycles. The van der Waals surface area contributed by atoms with Gasteiger partial charge in [0.25, 0.3) is 5.91 Å². The Hall–Kier alpha value is -3.14. The van der Waals surface area contributed by atoms with Gasteiger partial charge in [-0.2, -0.15) is 0 Å². The van der Waals surface area contributed by atoms with E-state index >= 15 is 0 Å². The van der Waals surface area contributed by atoms with Crippen molar-refractivity contribution in [2.45, 2.75) is 17.8 Å². The quantitative estimate of drug-likeness (QED) is 0.254. The third kappa shape index (κ3) is 5.33. The Bertz CT molecular complexity index is 1370. The molecule has 1 saturated heterocycles. The molecule has 1 aliphatic heterocycles. The van der Waals surface area contributed by atoms with Gasteiger partial charge in [0, 0.05) is 60.1 Å². The minimum atomic E-state index is -0.144. The van der Waals surface area contributed by atoms with E-state index in [1.165, 1.54) is 11.8 Å². The van der Waals surface area contributed by atoms with Crippen LogP contribution in [0.25, 0.3) is 5.69 Å². The van der Waals surface area contributed by atoms with Crippen LogP contribution in [0.15, 0.2) is 66.1 Å². The van der Waals surface area contributed by atoms with Crippen molar-refractivity contribution in [1.29, 1.82) is 0 Å². The topological polar surface area (TPSA) is 80.0 Å². The summed E-state index contributed by atoms with van der Waals surface area (Å²) in [6.45, 7) is 4.49. The second-order valence-electron chi connectivity index (χ2n) is 8.31. The zero-order valence-corrected chi connectivity index (χ0v) is 21.8. The first kappa shape index (κ1) is 24.5. The number of aryl methyl sites for hydroxylation is 1. The zero-order valence-electron chi connectivity index (χ0n) is 19.5. The van der Waals surface area contributed by atoms with Crippen molar-refractivity contribution in [3.8, 4) is 5.69 Å². The number of rotatable bonds is 6. The van der Waals surface area contributed by atoms with Crippen LogP contribution in [0.4, 0.5) is 5.69 Å². The first-order chi connectivity index (χ1) is 17.5. The van der Waals surface area contributed by atoms with E-state index in [1.807, 2.05) is 54.3 Å². The van der Waals surface area contributed by atoms with Crippen molar-refractivity contribution in [1.82, 2.24) is 29.9 Å². The summed E-state index contributed by atoms with van der Waals surface area (Å²) in [6, 6.07) is 15.2. The Kier molecular flexibility index (Phi) is 7.41. The van der Waals surface area contributed by atoms with E-state index in [0.717, 1.165) is 16.9 Å². The smallest absolute Gasteiger partial charge is 0.276 e. The Morgan fingerprint density at radius 3 is 2.47 bits per heavy atom. The van der Waals surface area contributed by atoms with Crippen molar-refractivity contribution < 1.29 is 4.79 Å². The number of anilines is 1. The summed E-state index contributed by atoms with van der Waals surface area (Å²) >= 11 is 14.0. The highest BCUT2D eigenvalue weighted by Crippen LogP contribution is 2.27. The summed E-state index contributed by atoms with van der Waals surface area (Å²) in [5.41, 5.74) is 3.76. The third-order valence-electron chi connectivity index (χ3n) is 5.99. The molecule has 0 saturated carbocycles. The molecule has 0 spiro atoms. The number of hydrogen-bond acceptors (Lipinski definition) is 7. The lowest BCUT2D eigenvalue weighted by atomic mass is 10.2. The predicted octanol–water partition coefficient (Wildman–Crippen LogP) is 4.93. The minimum Gasteiger partial charge on any atom is -0.368 e. The van der Waals surface area contributed by atoms with E-state index in [1.54, 1.807) is 23.1 Å². The second-order valence-corrected chi connectivity index (χ2v) is 10.1. The number of amides is 1. The van der Waals surface area contributed by atoms with Gasteiger partial charge < -0.3 is 9.80 Å². The first-order valence-corrected chi connectivity index (χ1v) is 13.1. The Morgan fingerprint density at radius 1 is 0.972 bits per heavy atom. The lowest BCUT2D eigenvalue weighted by Gasteiger charge is -2.36. The van der Waals surface area contributed by atoms with Crippen LogP contribution in [0, 0.1) is 6.92 Å². The summed E-state index contributed by atoms with van der Waals surface area (Å²) in [4.78, 5) is 26.2. The van der Waals surface area contributed by atoms with E-state index in [4.69, 9.17) is 23.2 Å². The molecule has 36 heavy (non-hydrogen) atoms. The summed E-state index contributed by atoms with van der Waals surface area (Å²) in [5, 5.41) is 10.6. The van der Waals surface area contributed by atoms with Crippen LogP contribution in [-0.2, 0) is 5.75 Å². The number of benzene rings is 2.